The number of ether oxygens (including phenoxy) is 2. The van der Waals surface area contributed by atoms with Crippen molar-refractivity contribution >= 4 is 40.9 Å². The van der Waals surface area contributed by atoms with Gasteiger partial charge in [0.25, 0.3) is 0 Å². The standard InChI is InChI=1S/C10H10O2S.C9H9O3.In/c1-2-3-9-13(11,12)10-7-5-4-6-8-10;1-11-8-4-3-7(6-10)5-9(8)12-2;/h3-8H,1-2H2;3-4,6H,1-2H3;. The zero-order valence-corrected chi connectivity index (χ0v) is 18.7. The van der Waals surface area contributed by atoms with Crippen LogP contribution in [-0.2, 0) is 9.84 Å². The topological polar surface area (TPSA) is 69.7 Å². The Kier molecular flexibility index (Phi) is 5.77. The van der Waals surface area contributed by atoms with Crippen LogP contribution in [0.3, 0.4) is 0 Å². The summed E-state index contributed by atoms with van der Waals surface area (Å²) in [5.41, 5.74) is 0.500. The number of methoxy groups -OCH3 is 2. The van der Waals surface area contributed by atoms with Crippen molar-refractivity contribution in [2.45, 2.75) is 15.5 Å². The predicted octanol–water partition coefficient (Wildman–Crippen LogP) is 2.52. The Bertz CT molecular complexity index is 951. The Balaban J connectivity index is 2.16. The Morgan fingerprint density at radius 2 is 1.77 bits per heavy atom. The summed E-state index contributed by atoms with van der Waals surface area (Å²) < 4.78 is 39.4. The summed E-state index contributed by atoms with van der Waals surface area (Å²) in [7, 11) is -0.512. The van der Waals surface area contributed by atoms with Crippen molar-refractivity contribution in [2.24, 2.45) is 0 Å². The molecule has 0 aliphatic carbocycles. The second-order valence-corrected chi connectivity index (χ2v) is 17.3. The van der Waals surface area contributed by atoms with E-state index in [0.717, 1.165) is 13.8 Å². The number of allylic oxidation sites excluding steroid dienone is 1. The van der Waals surface area contributed by atoms with E-state index in [-0.39, 0.29) is 0 Å². The van der Waals surface area contributed by atoms with Crippen molar-refractivity contribution in [3.05, 3.63) is 56.8 Å². The van der Waals surface area contributed by atoms with Gasteiger partial charge >= 0.3 is 162 Å². The van der Waals surface area contributed by atoms with E-state index >= 15 is 0 Å². The predicted molar refractivity (Wildman–Crippen MR) is 101 cm³/mol. The third-order valence-electron chi connectivity index (χ3n) is 4.60. The van der Waals surface area contributed by atoms with E-state index in [1.54, 1.807) is 42.5 Å². The molecule has 0 amide bonds. The summed E-state index contributed by atoms with van der Waals surface area (Å²) in [6.45, 7) is 0. The van der Waals surface area contributed by atoms with Gasteiger partial charge in [-0.25, -0.2) is 0 Å². The molecular weight excluding hydrogens is 455 g/mol. The molecule has 2 aromatic rings. The maximum absolute atomic E-state index is 13.2. The van der Waals surface area contributed by atoms with Crippen molar-refractivity contribution in [1.29, 1.82) is 0 Å². The first-order valence-electron chi connectivity index (χ1n) is 8.24. The van der Waals surface area contributed by atoms with Gasteiger partial charge in [-0.3, -0.25) is 0 Å². The average Bonchev–Trinajstić information content (AvgIpc) is 3.17. The molecular formula is C19H19InO5S. The number of benzene rings is 2. The van der Waals surface area contributed by atoms with Gasteiger partial charge in [0, 0.05) is 0 Å². The average molecular weight is 474 g/mol. The molecule has 26 heavy (non-hydrogen) atoms. The molecule has 7 heteroatoms. The fourth-order valence-electron chi connectivity index (χ4n) is 3.42. The molecule has 0 atom stereocenters. The Morgan fingerprint density at radius 3 is 2.38 bits per heavy atom. The third kappa shape index (κ3) is 3.30. The molecule has 1 aliphatic rings. The third-order valence-corrected chi connectivity index (χ3v) is 19.8. The van der Waals surface area contributed by atoms with Crippen LogP contribution in [0.4, 0.5) is 0 Å². The van der Waals surface area contributed by atoms with Crippen molar-refractivity contribution < 1.29 is 22.7 Å². The molecule has 134 valence electrons. The van der Waals surface area contributed by atoms with Crippen LogP contribution in [0.1, 0.15) is 16.8 Å². The van der Waals surface area contributed by atoms with Crippen LogP contribution < -0.4 is 12.8 Å². The molecule has 3 rings (SSSR count). The summed E-state index contributed by atoms with van der Waals surface area (Å²) in [5, 5.41) is 0. The van der Waals surface area contributed by atoms with E-state index in [2.05, 4.69) is 0 Å². The van der Waals surface area contributed by atoms with E-state index in [1.807, 2.05) is 6.08 Å². The van der Waals surface area contributed by atoms with Gasteiger partial charge in [0.2, 0.25) is 0 Å². The van der Waals surface area contributed by atoms with Gasteiger partial charge < -0.3 is 0 Å². The van der Waals surface area contributed by atoms with Crippen LogP contribution in [0.2, 0.25) is 4.18 Å². The summed E-state index contributed by atoms with van der Waals surface area (Å²) in [5.74, 6) is 1.02. The normalized spacial score (nSPS) is 14.1. The van der Waals surface area contributed by atoms with Gasteiger partial charge in [0.1, 0.15) is 0 Å². The van der Waals surface area contributed by atoms with Gasteiger partial charge in [0.15, 0.2) is 0 Å². The van der Waals surface area contributed by atoms with Crippen molar-refractivity contribution in [3.63, 3.8) is 0 Å². The van der Waals surface area contributed by atoms with Crippen molar-refractivity contribution in [3.8, 4) is 11.5 Å². The van der Waals surface area contributed by atoms with Gasteiger partial charge in [-0.2, -0.15) is 0 Å². The van der Waals surface area contributed by atoms with E-state index < -0.39 is 31.3 Å². The quantitative estimate of drug-likeness (QED) is 0.603. The van der Waals surface area contributed by atoms with Crippen LogP contribution >= 0.6 is 0 Å². The number of hydrogen-bond donors (Lipinski definition) is 0. The second kappa shape index (κ2) is 7.88. The van der Waals surface area contributed by atoms with E-state index in [1.165, 1.54) is 14.2 Å². The summed E-state index contributed by atoms with van der Waals surface area (Å²) in [4.78, 5) is 11.9. The first-order chi connectivity index (χ1) is 12.5. The number of carbonyl (C=O) groups excluding carboxylic acids is 1. The molecule has 0 spiro atoms. The molecule has 0 saturated carbocycles. The van der Waals surface area contributed by atoms with Crippen molar-refractivity contribution in [1.82, 2.24) is 0 Å². The van der Waals surface area contributed by atoms with Crippen LogP contribution in [0, 0.1) is 0 Å². The zero-order chi connectivity index (χ0) is 18.7. The molecule has 0 unspecified atom stereocenters. The van der Waals surface area contributed by atoms with Gasteiger partial charge in [-0.1, -0.05) is 0 Å². The van der Waals surface area contributed by atoms with Crippen LogP contribution in [0.15, 0.2) is 56.1 Å². The van der Waals surface area contributed by atoms with Crippen LogP contribution in [-0.4, -0.2) is 50.4 Å². The zero-order valence-electron chi connectivity index (χ0n) is 14.6. The van der Waals surface area contributed by atoms with E-state index in [9.17, 15) is 13.2 Å². The number of sulfone groups is 1. The maximum atomic E-state index is 13.2. The molecule has 0 radical (unpaired) electrons. The number of rotatable bonds is 6. The monoisotopic (exact) mass is 474 g/mol. The first kappa shape index (κ1) is 19.0. The fraction of sp³-hybridized carbons (Fsp3) is 0.211. The molecule has 2 aromatic carbocycles. The molecule has 0 fully saturated rings. The van der Waals surface area contributed by atoms with Crippen molar-refractivity contribution in [2.75, 3.05) is 14.2 Å². The summed E-state index contributed by atoms with van der Waals surface area (Å²) >= 11 is -3.05. The summed E-state index contributed by atoms with van der Waals surface area (Å²) in [6.07, 6.45) is 3.32. The van der Waals surface area contributed by atoms with Gasteiger partial charge in [0.05, 0.1) is 0 Å². The van der Waals surface area contributed by atoms with Gasteiger partial charge in [-0.15, -0.1) is 0 Å². The minimum absolute atomic E-state index is 0.296. The first-order valence-corrected chi connectivity index (χ1v) is 15.4. The molecule has 0 bridgehead atoms. The van der Waals surface area contributed by atoms with E-state index in [0.29, 0.717) is 31.0 Å². The number of hydrogen-bond acceptors (Lipinski definition) is 5. The second-order valence-electron chi connectivity index (χ2n) is 5.97. The Hall–Kier alpha value is -1.73. The molecule has 0 saturated heterocycles. The van der Waals surface area contributed by atoms with Crippen LogP contribution in [0.25, 0.3) is 0 Å². The summed E-state index contributed by atoms with van der Waals surface area (Å²) in [6, 6.07) is 11.8. The van der Waals surface area contributed by atoms with E-state index in [4.69, 9.17) is 9.47 Å². The molecule has 0 aromatic heterocycles. The molecule has 0 N–H and O–H groups in total. The Labute approximate surface area is 161 Å². The molecule has 1 heterocycles. The molecule has 5 nitrogen and oxygen atoms in total. The Morgan fingerprint density at radius 1 is 1.04 bits per heavy atom. The van der Waals surface area contributed by atoms with Gasteiger partial charge in [-0.05, 0) is 0 Å². The van der Waals surface area contributed by atoms with Crippen LogP contribution in [0.5, 0.6) is 11.5 Å². The SMILES string of the molecule is COc1ccc(C=O)[c]([In]2[CH2]CC=[C]2S(=O)(=O)c2ccccc2)c1OC. The minimum atomic E-state index is -3.56. The number of carbonyl (C=O) groups is 1. The fourth-order valence-corrected chi connectivity index (χ4v) is 19.3. The number of aldehydes is 1. The molecule has 1 aliphatic heterocycles.